The number of hydrogen-bond donors (Lipinski definition) is 0. The lowest BCUT2D eigenvalue weighted by Crippen LogP contribution is -2.00. The van der Waals surface area contributed by atoms with Crippen molar-refractivity contribution in [1.82, 2.24) is 15.0 Å². The van der Waals surface area contributed by atoms with Crippen LogP contribution >= 0.6 is 0 Å². The van der Waals surface area contributed by atoms with Crippen molar-refractivity contribution in [1.29, 1.82) is 0 Å². The molecule has 2 heterocycles. The van der Waals surface area contributed by atoms with Crippen LogP contribution in [0.2, 0.25) is 0 Å². The lowest BCUT2D eigenvalue weighted by molar-refractivity contribution is 0.416. The van der Waals surface area contributed by atoms with E-state index >= 15 is 0 Å². The molecule has 0 bridgehead atoms. The summed E-state index contributed by atoms with van der Waals surface area (Å²) in [5, 5.41) is 4.35. The van der Waals surface area contributed by atoms with Crippen molar-refractivity contribution in [3.8, 4) is 62.2 Å². The van der Waals surface area contributed by atoms with E-state index in [-0.39, 0.29) is 0 Å². The second-order valence-corrected chi connectivity index (χ2v) is 12.0. The molecule has 0 aliphatic rings. The number of aromatic nitrogens is 3. The zero-order chi connectivity index (χ0) is 32.7. The van der Waals surface area contributed by atoms with E-state index in [0.29, 0.717) is 17.5 Å². The summed E-state index contributed by atoms with van der Waals surface area (Å²) in [6.45, 7) is 0. The molecule has 0 saturated carbocycles. The molecule has 0 aliphatic carbocycles. The van der Waals surface area contributed by atoms with E-state index in [0.717, 1.165) is 66.6 Å². The Hall–Kier alpha value is -6.59. The Balaban J connectivity index is 1.23. The third-order valence-corrected chi connectivity index (χ3v) is 9.03. The summed E-state index contributed by atoms with van der Waals surface area (Å²) < 4.78 is 12.5. The van der Waals surface area contributed by atoms with E-state index < -0.39 is 0 Å². The summed E-state index contributed by atoms with van der Waals surface area (Å²) in [7, 11) is 1.72. The summed E-state index contributed by atoms with van der Waals surface area (Å²) in [4.78, 5) is 14.9. The Labute approximate surface area is 283 Å². The summed E-state index contributed by atoms with van der Waals surface area (Å²) >= 11 is 0. The van der Waals surface area contributed by atoms with Crippen LogP contribution in [0.4, 0.5) is 0 Å². The Bertz CT molecular complexity index is 2590. The van der Waals surface area contributed by atoms with E-state index in [4.69, 9.17) is 24.1 Å². The van der Waals surface area contributed by atoms with E-state index in [9.17, 15) is 0 Å². The third kappa shape index (κ3) is 5.09. The van der Waals surface area contributed by atoms with Crippen molar-refractivity contribution >= 4 is 32.7 Å². The molecule has 0 saturated heterocycles. The second-order valence-electron chi connectivity index (χ2n) is 12.0. The SMILES string of the molecule is COc1ccc(-c2cccc3c2oc2cccc(-c4nc(-c5ccccc5)nc(-c5ccccc5)n4)c23)cc1-c1ccc2ccccc2c1. The molecule has 0 aliphatic heterocycles. The molecule has 49 heavy (non-hydrogen) atoms. The molecule has 2 aromatic heterocycles. The van der Waals surface area contributed by atoms with Crippen molar-refractivity contribution in [3.05, 3.63) is 158 Å². The van der Waals surface area contributed by atoms with Gasteiger partial charge in [-0.3, -0.25) is 0 Å². The number of methoxy groups -OCH3 is 1. The number of ether oxygens (including phenoxy) is 1. The van der Waals surface area contributed by atoms with Crippen molar-refractivity contribution in [3.63, 3.8) is 0 Å². The maximum atomic E-state index is 6.69. The van der Waals surface area contributed by atoms with Gasteiger partial charge in [0.25, 0.3) is 0 Å². The predicted octanol–water partition coefficient (Wildman–Crippen LogP) is 11.3. The van der Waals surface area contributed by atoms with Crippen LogP contribution in [0.5, 0.6) is 5.75 Å². The molecule has 5 nitrogen and oxygen atoms in total. The number of furan rings is 1. The van der Waals surface area contributed by atoms with Crippen molar-refractivity contribution in [2.75, 3.05) is 7.11 Å². The maximum Gasteiger partial charge on any atom is 0.164 e. The van der Waals surface area contributed by atoms with Crippen LogP contribution in [0, 0.1) is 0 Å². The largest absolute Gasteiger partial charge is 0.496 e. The molecule has 0 amide bonds. The van der Waals surface area contributed by atoms with Crippen LogP contribution < -0.4 is 4.74 Å². The Morgan fingerprint density at radius 3 is 1.80 bits per heavy atom. The van der Waals surface area contributed by atoms with Crippen molar-refractivity contribution in [2.24, 2.45) is 0 Å². The lowest BCUT2D eigenvalue weighted by atomic mass is 9.95. The molecule has 0 unspecified atom stereocenters. The first-order valence-electron chi connectivity index (χ1n) is 16.2. The highest BCUT2D eigenvalue weighted by atomic mass is 16.5. The van der Waals surface area contributed by atoms with Crippen LogP contribution in [-0.4, -0.2) is 22.1 Å². The Morgan fingerprint density at radius 1 is 0.449 bits per heavy atom. The molecular weight excluding hydrogens is 603 g/mol. The number of para-hydroxylation sites is 1. The standard InChI is InChI=1S/C44H29N3O2/c1-48-38-25-24-33(27-37(38)32-23-22-28-12-8-9-17-31(28)26-32)34-18-10-19-35-40-36(20-11-21-39(40)49-41(34)35)44-46-42(29-13-4-2-5-14-29)45-43(47-44)30-15-6-3-7-16-30/h2-27H,1H3. The fraction of sp³-hybridized carbons (Fsp3) is 0.0227. The molecule has 5 heteroatoms. The van der Waals surface area contributed by atoms with Crippen molar-refractivity contribution < 1.29 is 9.15 Å². The Kier molecular flexibility index (Phi) is 6.95. The molecular formula is C44H29N3O2. The van der Waals surface area contributed by atoms with Gasteiger partial charge in [0.15, 0.2) is 17.5 Å². The van der Waals surface area contributed by atoms with Gasteiger partial charge < -0.3 is 9.15 Å². The molecule has 0 spiro atoms. The highest BCUT2D eigenvalue weighted by molar-refractivity contribution is 6.15. The molecule has 232 valence electrons. The van der Waals surface area contributed by atoms with Gasteiger partial charge >= 0.3 is 0 Å². The topological polar surface area (TPSA) is 61.0 Å². The fourth-order valence-corrected chi connectivity index (χ4v) is 6.65. The minimum atomic E-state index is 0.592. The van der Waals surface area contributed by atoms with Crippen LogP contribution in [-0.2, 0) is 0 Å². The number of nitrogens with zero attached hydrogens (tertiary/aromatic N) is 3. The molecule has 9 aromatic rings. The normalized spacial score (nSPS) is 11.4. The first kappa shape index (κ1) is 28.6. The number of fused-ring (bicyclic) bond motifs is 4. The molecule has 7 aromatic carbocycles. The number of benzene rings is 7. The van der Waals surface area contributed by atoms with Gasteiger partial charge in [0.2, 0.25) is 0 Å². The summed E-state index contributed by atoms with van der Waals surface area (Å²) in [5.74, 6) is 2.65. The van der Waals surface area contributed by atoms with Gasteiger partial charge in [-0.15, -0.1) is 0 Å². The van der Waals surface area contributed by atoms with Crippen LogP contribution in [0.1, 0.15) is 0 Å². The predicted molar refractivity (Wildman–Crippen MR) is 198 cm³/mol. The number of rotatable bonds is 6. The van der Waals surface area contributed by atoms with E-state index in [1.54, 1.807) is 7.11 Å². The van der Waals surface area contributed by atoms with Gasteiger partial charge in [0.1, 0.15) is 16.9 Å². The third-order valence-electron chi connectivity index (χ3n) is 9.03. The number of hydrogen-bond acceptors (Lipinski definition) is 5. The molecule has 0 radical (unpaired) electrons. The minimum Gasteiger partial charge on any atom is -0.496 e. The molecule has 9 rings (SSSR count). The zero-order valence-electron chi connectivity index (χ0n) is 26.7. The average molecular weight is 632 g/mol. The second kappa shape index (κ2) is 11.9. The summed E-state index contributed by atoms with van der Waals surface area (Å²) in [5.41, 5.74) is 8.46. The monoisotopic (exact) mass is 631 g/mol. The first-order chi connectivity index (χ1) is 24.2. The fourth-order valence-electron chi connectivity index (χ4n) is 6.65. The van der Waals surface area contributed by atoms with E-state index in [1.807, 2.05) is 78.9 Å². The van der Waals surface area contributed by atoms with Gasteiger partial charge in [-0.25, -0.2) is 15.0 Å². The summed E-state index contributed by atoms with van der Waals surface area (Å²) in [6.07, 6.45) is 0. The van der Waals surface area contributed by atoms with Crippen LogP contribution in [0.3, 0.4) is 0 Å². The Morgan fingerprint density at radius 2 is 1.06 bits per heavy atom. The minimum absolute atomic E-state index is 0.592. The van der Waals surface area contributed by atoms with Gasteiger partial charge in [-0.2, -0.15) is 0 Å². The van der Waals surface area contributed by atoms with Crippen LogP contribution in [0.25, 0.3) is 89.1 Å². The zero-order valence-corrected chi connectivity index (χ0v) is 26.7. The smallest absolute Gasteiger partial charge is 0.164 e. The van der Waals surface area contributed by atoms with Gasteiger partial charge in [0.05, 0.1) is 7.11 Å². The highest BCUT2D eigenvalue weighted by Crippen LogP contribution is 2.42. The molecule has 0 atom stereocenters. The van der Waals surface area contributed by atoms with E-state index in [1.165, 1.54) is 10.8 Å². The van der Waals surface area contributed by atoms with Gasteiger partial charge in [-0.05, 0) is 46.2 Å². The van der Waals surface area contributed by atoms with E-state index in [2.05, 4.69) is 78.9 Å². The summed E-state index contributed by atoms with van der Waals surface area (Å²) in [6, 6.07) is 53.7. The van der Waals surface area contributed by atoms with Crippen LogP contribution in [0.15, 0.2) is 162 Å². The first-order valence-corrected chi connectivity index (χ1v) is 16.2. The van der Waals surface area contributed by atoms with Crippen molar-refractivity contribution in [2.45, 2.75) is 0 Å². The lowest BCUT2D eigenvalue weighted by Gasteiger charge is -2.12. The maximum absolute atomic E-state index is 6.69. The quantitative estimate of drug-likeness (QED) is 0.183. The van der Waals surface area contributed by atoms with Gasteiger partial charge in [-0.1, -0.05) is 133 Å². The molecule has 0 N–H and O–H groups in total. The highest BCUT2D eigenvalue weighted by Gasteiger charge is 2.20. The average Bonchev–Trinajstić information content (AvgIpc) is 3.57. The molecule has 0 fully saturated rings. The van der Waals surface area contributed by atoms with Gasteiger partial charge in [0, 0.05) is 38.6 Å².